The van der Waals surface area contributed by atoms with E-state index in [0.717, 1.165) is 0 Å². The van der Waals surface area contributed by atoms with E-state index in [0.29, 0.717) is 22.7 Å². The number of thiocarbonyl (C=S) groups is 1. The molecular formula is C20H17N3O4S. The lowest BCUT2D eigenvalue weighted by molar-refractivity contribution is 0.0974. The van der Waals surface area contributed by atoms with Crippen molar-refractivity contribution < 1.29 is 18.7 Å². The largest absolute Gasteiger partial charge is 0.497 e. The minimum atomic E-state index is -0.365. The maximum absolute atomic E-state index is 12.3. The van der Waals surface area contributed by atoms with Gasteiger partial charge in [-0.25, -0.2) is 0 Å². The summed E-state index contributed by atoms with van der Waals surface area (Å²) in [7, 11) is 1.53. The van der Waals surface area contributed by atoms with Gasteiger partial charge in [0, 0.05) is 16.9 Å². The molecule has 0 aliphatic carbocycles. The van der Waals surface area contributed by atoms with Gasteiger partial charge in [-0.15, -0.1) is 0 Å². The topological polar surface area (TPSA) is 92.6 Å². The molecule has 0 atom stereocenters. The van der Waals surface area contributed by atoms with Crippen LogP contribution in [0.1, 0.15) is 20.9 Å². The van der Waals surface area contributed by atoms with E-state index in [2.05, 4.69) is 16.0 Å². The van der Waals surface area contributed by atoms with Gasteiger partial charge in [-0.05, 0) is 60.7 Å². The van der Waals surface area contributed by atoms with Crippen LogP contribution >= 0.6 is 12.2 Å². The smallest absolute Gasteiger partial charge is 0.291 e. The number of furan rings is 1. The van der Waals surface area contributed by atoms with Gasteiger partial charge in [-0.3, -0.25) is 14.9 Å². The van der Waals surface area contributed by atoms with Crippen LogP contribution in [0.5, 0.6) is 5.75 Å². The number of amides is 2. The molecule has 28 heavy (non-hydrogen) atoms. The van der Waals surface area contributed by atoms with E-state index >= 15 is 0 Å². The second kappa shape index (κ2) is 8.83. The number of rotatable bonds is 5. The second-order valence-corrected chi connectivity index (χ2v) is 6.06. The maximum atomic E-state index is 12.3. The van der Waals surface area contributed by atoms with Crippen LogP contribution in [0, 0.1) is 0 Å². The van der Waals surface area contributed by atoms with E-state index in [9.17, 15) is 9.59 Å². The third-order valence-electron chi connectivity index (χ3n) is 3.68. The van der Waals surface area contributed by atoms with Gasteiger partial charge in [0.1, 0.15) is 5.75 Å². The Morgan fingerprint density at radius 3 is 2.39 bits per heavy atom. The Balaban J connectivity index is 1.61. The quantitative estimate of drug-likeness (QED) is 0.571. The first-order valence-electron chi connectivity index (χ1n) is 8.26. The number of methoxy groups -OCH3 is 1. The first kappa shape index (κ1) is 19.1. The number of hydrogen-bond acceptors (Lipinski definition) is 5. The third-order valence-corrected chi connectivity index (χ3v) is 3.89. The average molecular weight is 395 g/mol. The molecule has 7 nitrogen and oxygen atoms in total. The molecule has 8 heteroatoms. The predicted octanol–water partition coefficient (Wildman–Crippen LogP) is 3.67. The molecule has 2 aromatic carbocycles. The minimum absolute atomic E-state index is 0.127. The lowest BCUT2D eigenvalue weighted by atomic mass is 10.2. The predicted molar refractivity (Wildman–Crippen MR) is 110 cm³/mol. The number of carbonyl (C=O) groups excluding carboxylic acids is 2. The fourth-order valence-electron chi connectivity index (χ4n) is 2.38. The number of benzene rings is 2. The Morgan fingerprint density at radius 1 is 0.929 bits per heavy atom. The number of hydrogen-bond donors (Lipinski definition) is 3. The average Bonchev–Trinajstić information content (AvgIpc) is 3.23. The summed E-state index contributed by atoms with van der Waals surface area (Å²) in [6.45, 7) is 0. The zero-order chi connectivity index (χ0) is 19.9. The summed E-state index contributed by atoms with van der Waals surface area (Å²) in [5.41, 5.74) is 1.57. The van der Waals surface area contributed by atoms with E-state index in [4.69, 9.17) is 21.4 Å². The van der Waals surface area contributed by atoms with Crippen molar-refractivity contribution in [1.82, 2.24) is 5.32 Å². The molecule has 0 aliphatic rings. The molecule has 0 fully saturated rings. The summed E-state index contributed by atoms with van der Waals surface area (Å²) < 4.78 is 10.2. The van der Waals surface area contributed by atoms with Gasteiger partial charge in [0.15, 0.2) is 10.9 Å². The Labute approximate surface area is 166 Å². The van der Waals surface area contributed by atoms with E-state index < -0.39 is 0 Å². The van der Waals surface area contributed by atoms with Crippen molar-refractivity contribution in [3.05, 3.63) is 78.3 Å². The molecule has 0 aliphatic heterocycles. The minimum Gasteiger partial charge on any atom is -0.497 e. The molecule has 3 rings (SSSR count). The molecule has 1 aromatic heterocycles. The van der Waals surface area contributed by atoms with Crippen LogP contribution in [0.15, 0.2) is 71.3 Å². The first-order chi connectivity index (χ1) is 13.5. The fraction of sp³-hybridized carbons (Fsp3) is 0.0500. The van der Waals surface area contributed by atoms with Gasteiger partial charge in [-0.1, -0.05) is 12.1 Å². The molecule has 142 valence electrons. The highest BCUT2D eigenvalue weighted by atomic mass is 32.1. The third kappa shape index (κ3) is 4.95. The van der Waals surface area contributed by atoms with Crippen molar-refractivity contribution in [1.29, 1.82) is 0 Å². The van der Waals surface area contributed by atoms with Crippen molar-refractivity contribution in [3.63, 3.8) is 0 Å². The normalized spacial score (nSPS) is 10.0. The monoisotopic (exact) mass is 395 g/mol. The number of ether oxygens (including phenoxy) is 1. The molecule has 0 spiro atoms. The SMILES string of the molecule is COc1cccc(C(=O)NC(=S)Nc2cccc(NC(=O)c3ccco3)c2)c1. The molecule has 1 heterocycles. The molecule has 3 N–H and O–H groups in total. The van der Waals surface area contributed by atoms with Gasteiger partial charge in [0.05, 0.1) is 13.4 Å². The molecule has 3 aromatic rings. The van der Waals surface area contributed by atoms with Crippen LogP contribution in [0.25, 0.3) is 0 Å². The molecule has 0 saturated carbocycles. The lowest BCUT2D eigenvalue weighted by Crippen LogP contribution is -2.34. The van der Waals surface area contributed by atoms with Crippen LogP contribution in [0.4, 0.5) is 11.4 Å². The summed E-state index contributed by atoms with van der Waals surface area (Å²) in [5, 5.41) is 8.36. The van der Waals surface area contributed by atoms with E-state index in [1.165, 1.54) is 13.4 Å². The van der Waals surface area contributed by atoms with Crippen molar-refractivity contribution in [2.75, 3.05) is 17.7 Å². The van der Waals surface area contributed by atoms with Gasteiger partial charge in [0.25, 0.3) is 11.8 Å². The molecule has 0 saturated heterocycles. The van der Waals surface area contributed by atoms with Crippen LogP contribution in [-0.4, -0.2) is 24.0 Å². The van der Waals surface area contributed by atoms with Gasteiger partial charge >= 0.3 is 0 Å². The highest BCUT2D eigenvalue weighted by Gasteiger charge is 2.11. The van der Waals surface area contributed by atoms with Crippen LogP contribution in [0.3, 0.4) is 0 Å². The van der Waals surface area contributed by atoms with Crippen molar-refractivity contribution >= 4 is 40.5 Å². The maximum Gasteiger partial charge on any atom is 0.291 e. The van der Waals surface area contributed by atoms with E-state index in [1.807, 2.05) is 0 Å². The molecule has 0 unspecified atom stereocenters. The summed E-state index contributed by atoms with van der Waals surface area (Å²) in [6.07, 6.45) is 1.43. The van der Waals surface area contributed by atoms with Crippen molar-refractivity contribution in [3.8, 4) is 5.75 Å². The standard InChI is InChI=1S/C20H17N3O4S/c1-26-16-8-2-5-13(11-16)18(24)23-20(28)22-15-7-3-6-14(12-15)21-19(25)17-9-4-10-27-17/h2-12H,1H3,(H,21,25)(H2,22,23,24,28). The van der Waals surface area contributed by atoms with E-state index in [1.54, 1.807) is 60.7 Å². The van der Waals surface area contributed by atoms with Crippen LogP contribution < -0.4 is 20.7 Å². The van der Waals surface area contributed by atoms with Gasteiger partial charge < -0.3 is 19.8 Å². The highest BCUT2D eigenvalue weighted by Crippen LogP contribution is 2.17. The van der Waals surface area contributed by atoms with Crippen LogP contribution in [0.2, 0.25) is 0 Å². The Bertz CT molecular complexity index is 1000. The lowest BCUT2D eigenvalue weighted by Gasteiger charge is -2.11. The fourth-order valence-corrected chi connectivity index (χ4v) is 2.59. The summed E-state index contributed by atoms with van der Waals surface area (Å²) in [4.78, 5) is 24.3. The van der Waals surface area contributed by atoms with Gasteiger partial charge in [-0.2, -0.15) is 0 Å². The van der Waals surface area contributed by atoms with Crippen LogP contribution in [-0.2, 0) is 0 Å². The van der Waals surface area contributed by atoms with Crippen molar-refractivity contribution in [2.45, 2.75) is 0 Å². The first-order valence-corrected chi connectivity index (χ1v) is 8.67. The van der Waals surface area contributed by atoms with Gasteiger partial charge in [0.2, 0.25) is 0 Å². The number of anilines is 2. The molecular weight excluding hydrogens is 378 g/mol. The Kier molecular flexibility index (Phi) is 6.03. The molecule has 0 radical (unpaired) electrons. The van der Waals surface area contributed by atoms with E-state index in [-0.39, 0.29) is 22.7 Å². The number of nitrogens with one attached hydrogen (secondary N) is 3. The summed E-state index contributed by atoms with van der Waals surface area (Å²) in [6, 6.07) is 16.9. The zero-order valence-electron chi connectivity index (χ0n) is 14.9. The zero-order valence-corrected chi connectivity index (χ0v) is 15.7. The second-order valence-electron chi connectivity index (χ2n) is 5.65. The Hall–Kier alpha value is -3.65. The Morgan fingerprint density at radius 2 is 1.68 bits per heavy atom. The highest BCUT2D eigenvalue weighted by molar-refractivity contribution is 7.80. The summed E-state index contributed by atoms with van der Waals surface area (Å²) in [5.74, 6) is 0.0562. The number of carbonyl (C=O) groups is 2. The molecule has 2 amide bonds. The van der Waals surface area contributed by atoms with Crippen molar-refractivity contribution in [2.24, 2.45) is 0 Å². The molecule has 0 bridgehead atoms. The summed E-state index contributed by atoms with van der Waals surface area (Å²) >= 11 is 5.19.